The lowest BCUT2D eigenvalue weighted by Crippen LogP contribution is -2.01. The molecule has 4 nitrogen and oxygen atoms in total. The molecule has 5 heteroatoms. The summed E-state index contributed by atoms with van der Waals surface area (Å²) in [5.41, 5.74) is 0. The highest BCUT2D eigenvalue weighted by Gasteiger charge is 2.13. The van der Waals surface area contributed by atoms with Gasteiger partial charge < -0.3 is 0 Å². The van der Waals surface area contributed by atoms with Crippen molar-refractivity contribution in [2.24, 2.45) is 5.16 Å². The molecule has 0 unspecified atom stereocenters. The molecule has 0 heterocycles. The second-order valence-electron chi connectivity index (χ2n) is 2.54. The van der Waals surface area contributed by atoms with Crippen LogP contribution in [-0.4, -0.2) is 14.6 Å². The van der Waals surface area contributed by atoms with Crippen LogP contribution in [0.25, 0.3) is 0 Å². The summed E-state index contributed by atoms with van der Waals surface area (Å²) in [4.78, 5) is 0.105. The molecule has 0 spiro atoms. The van der Waals surface area contributed by atoms with Crippen molar-refractivity contribution in [2.75, 3.05) is 0 Å². The Hall–Kier alpha value is -1.36. The highest BCUT2D eigenvalue weighted by Crippen LogP contribution is 2.10. The van der Waals surface area contributed by atoms with Gasteiger partial charge in [0.05, 0.1) is 0 Å². The molecule has 76 valence electrons. The van der Waals surface area contributed by atoms with Crippen LogP contribution >= 0.6 is 0 Å². The number of benzene rings is 1. The Bertz CT molecular complexity index is 397. The first-order valence-electron chi connectivity index (χ1n) is 4.17. The lowest BCUT2D eigenvalue weighted by Gasteiger charge is -1.99. The maximum atomic E-state index is 11.4. The number of hydrogen-bond acceptors (Lipinski definition) is 4. The van der Waals surface area contributed by atoms with E-state index < -0.39 is 10.1 Å². The number of hydrogen-bond donors (Lipinski definition) is 0. The second-order valence-corrected chi connectivity index (χ2v) is 4.07. The summed E-state index contributed by atoms with van der Waals surface area (Å²) in [6, 6.07) is 7.89. The standard InChI is InChI=1S/C9H11NO3S/c1-2-8-10-13-14(11,12)9-6-4-3-5-7-9/h3-8H,2H2,1H3/b10-8+. The monoisotopic (exact) mass is 213 g/mol. The molecule has 0 aromatic heterocycles. The van der Waals surface area contributed by atoms with Crippen LogP contribution in [0.5, 0.6) is 0 Å². The first-order valence-corrected chi connectivity index (χ1v) is 5.58. The SMILES string of the molecule is CC/C=N/OS(=O)(=O)c1ccccc1. The average Bonchev–Trinajstić information content (AvgIpc) is 2.19. The van der Waals surface area contributed by atoms with Crippen LogP contribution in [0, 0.1) is 0 Å². The Morgan fingerprint density at radius 1 is 1.36 bits per heavy atom. The zero-order valence-corrected chi connectivity index (χ0v) is 8.57. The minimum atomic E-state index is -3.73. The van der Waals surface area contributed by atoms with Gasteiger partial charge in [-0.25, -0.2) is 0 Å². The highest BCUT2D eigenvalue weighted by molar-refractivity contribution is 7.86. The molecule has 0 radical (unpaired) electrons. The maximum absolute atomic E-state index is 11.4. The van der Waals surface area contributed by atoms with Crippen molar-refractivity contribution in [1.82, 2.24) is 0 Å². The van der Waals surface area contributed by atoms with E-state index in [9.17, 15) is 8.42 Å². The number of nitrogens with zero attached hydrogens (tertiary/aromatic N) is 1. The average molecular weight is 213 g/mol. The molecule has 0 amide bonds. The molecule has 0 aliphatic rings. The van der Waals surface area contributed by atoms with Gasteiger partial charge in [0.25, 0.3) is 0 Å². The molecule has 1 aromatic rings. The van der Waals surface area contributed by atoms with E-state index in [0.717, 1.165) is 0 Å². The van der Waals surface area contributed by atoms with Crippen molar-refractivity contribution in [3.8, 4) is 0 Å². The Kier molecular flexibility index (Phi) is 3.64. The van der Waals surface area contributed by atoms with Gasteiger partial charge in [-0.15, -0.1) is 0 Å². The predicted octanol–water partition coefficient (Wildman–Crippen LogP) is 1.79. The molecule has 0 fully saturated rings. The molecule has 0 saturated heterocycles. The number of rotatable bonds is 4. The van der Waals surface area contributed by atoms with Gasteiger partial charge >= 0.3 is 10.1 Å². The fraction of sp³-hybridized carbons (Fsp3) is 0.222. The van der Waals surface area contributed by atoms with E-state index in [0.29, 0.717) is 6.42 Å². The molecule has 14 heavy (non-hydrogen) atoms. The fourth-order valence-electron chi connectivity index (χ4n) is 0.792. The molecule has 0 saturated carbocycles. The lowest BCUT2D eigenvalue weighted by molar-refractivity contribution is 0.340. The van der Waals surface area contributed by atoms with E-state index >= 15 is 0 Å². The second kappa shape index (κ2) is 4.76. The zero-order valence-electron chi connectivity index (χ0n) is 7.75. The lowest BCUT2D eigenvalue weighted by atomic mass is 10.4. The van der Waals surface area contributed by atoms with Crippen molar-refractivity contribution in [3.63, 3.8) is 0 Å². The third-order valence-electron chi connectivity index (χ3n) is 1.43. The van der Waals surface area contributed by atoms with Gasteiger partial charge in [-0.2, -0.15) is 8.42 Å². The van der Waals surface area contributed by atoms with Crippen molar-refractivity contribution >= 4 is 16.3 Å². The quantitative estimate of drug-likeness (QED) is 0.566. The Morgan fingerprint density at radius 3 is 2.57 bits per heavy atom. The van der Waals surface area contributed by atoms with Gasteiger partial charge in [0.15, 0.2) is 0 Å². The van der Waals surface area contributed by atoms with E-state index in [-0.39, 0.29) is 4.90 Å². The normalized spacial score (nSPS) is 11.8. The van der Waals surface area contributed by atoms with Crippen molar-refractivity contribution in [1.29, 1.82) is 0 Å². The van der Waals surface area contributed by atoms with E-state index in [1.807, 2.05) is 6.92 Å². The third kappa shape index (κ3) is 2.85. The molecule has 0 N–H and O–H groups in total. The largest absolute Gasteiger partial charge is 0.358 e. The summed E-state index contributed by atoms with van der Waals surface area (Å²) in [5, 5.41) is 3.32. The summed E-state index contributed by atoms with van der Waals surface area (Å²) in [6.45, 7) is 1.84. The summed E-state index contributed by atoms with van der Waals surface area (Å²) >= 11 is 0. The van der Waals surface area contributed by atoms with E-state index in [2.05, 4.69) is 9.44 Å². The Balaban J connectivity index is 2.82. The van der Waals surface area contributed by atoms with Crippen LogP contribution < -0.4 is 0 Å². The molecule has 0 aliphatic heterocycles. The van der Waals surface area contributed by atoms with Crippen molar-refractivity contribution in [2.45, 2.75) is 18.2 Å². The van der Waals surface area contributed by atoms with Gasteiger partial charge in [0.1, 0.15) is 4.90 Å². The molecule has 0 bridgehead atoms. The first kappa shape index (κ1) is 10.7. The number of oxime groups is 1. The van der Waals surface area contributed by atoms with Crippen LogP contribution in [-0.2, 0) is 14.4 Å². The summed E-state index contributed by atoms with van der Waals surface area (Å²) < 4.78 is 27.1. The van der Waals surface area contributed by atoms with Gasteiger partial charge in [-0.3, -0.25) is 4.28 Å². The van der Waals surface area contributed by atoms with E-state index in [4.69, 9.17) is 0 Å². The van der Waals surface area contributed by atoms with E-state index in [1.165, 1.54) is 18.3 Å². The summed E-state index contributed by atoms with van der Waals surface area (Å²) in [6.07, 6.45) is 2.02. The van der Waals surface area contributed by atoms with E-state index in [1.54, 1.807) is 18.2 Å². The van der Waals surface area contributed by atoms with Crippen LogP contribution in [0.15, 0.2) is 40.4 Å². The third-order valence-corrected chi connectivity index (χ3v) is 2.56. The van der Waals surface area contributed by atoms with Gasteiger partial charge in [-0.1, -0.05) is 30.3 Å². The Morgan fingerprint density at radius 2 is 2.00 bits per heavy atom. The first-order chi connectivity index (χ1) is 6.67. The van der Waals surface area contributed by atoms with Gasteiger partial charge in [0.2, 0.25) is 0 Å². The molecule has 0 aliphatic carbocycles. The van der Waals surface area contributed by atoms with Gasteiger partial charge in [0, 0.05) is 6.21 Å². The zero-order chi connectivity index (χ0) is 10.4. The molecular weight excluding hydrogens is 202 g/mol. The fourth-order valence-corrected chi connectivity index (χ4v) is 1.54. The summed E-state index contributed by atoms with van der Waals surface area (Å²) in [7, 11) is -3.73. The topological polar surface area (TPSA) is 55.7 Å². The van der Waals surface area contributed by atoms with Gasteiger partial charge in [-0.05, 0) is 18.6 Å². The minimum absolute atomic E-state index is 0.105. The van der Waals surface area contributed by atoms with Crippen LogP contribution in [0.2, 0.25) is 0 Å². The van der Waals surface area contributed by atoms with Crippen LogP contribution in [0.1, 0.15) is 13.3 Å². The molecule has 1 rings (SSSR count). The minimum Gasteiger partial charge on any atom is -0.265 e. The van der Waals surface area contributed by atoms with Crippen molar-refractivity contribution in [3.05, 3.63) is 30.3 Å². The molecule has 1 aromatic carbocycles. The smallest absolute Gasteiger partial charge is 0.265 e. The van der Waals surface area contributed by atoms with Crippen LogP contribution in [0.4, 0.5) is 0 Å². The Labute approximate surface area is 83.3 Å². The van der Waals surface area contributed by atoms with Crippen molar-refractivity contribution < 1.29 is 12.7 Å². The maximum Gasteiger partial charge on any atom is 0.358 e. The summed E-state index contributed by atoms with van der Waals surface area (Å²) in [5.74, 6) is 0. The molecular formula is C9H11NO3S. The highest BCUT2D eigenvalue weighted by atomic mass is 32.2. The van der Waals surface area contributed by atoms with Crippen LogP contribution in [0.3, 0.4) is 0 Å². The predicted molar refractivity (Wildman–Crippen MR) is 53.5 cm³/mol. The molecule has 0 atom stereocenters.